The van der Waals surface area contributed by atoms with Crippen LogP contribution in [0, 0.1) is 5.92 Å². The van der Waals surface area contributed by atoms with Crippen LogP contribution in [0.3, 0.4) is 0 Å². The van der Waals surface area contributed by atoms with Crippen LogP contribution < -0.4 is 0 Å². The van der Waals surface area contributed by atoms with Gasteiger partial charge in [0.25, 0.3) is 0 Å². The number of nitrogens with zero attached hydrogens (tertiary/aromatic N) is 1. The highest BCUT2D eigenvalue weighted by atomic mass is 16.1. The van der Waals surface area contributed by atoms with Gasteiger partial charge in [0.15, 0.2) is 5.78 Å². The SMILES string of the molecule is CCC(=O)c1cccc2c1CC(C(C)C)=N2. The molecule has 0 N–H and O–H groups in total. The fraction of sp³-hybridized carbons (Fsp3) is 0.429. The lowest BCUT2D eigenvalue weighted by Gasteiger charge is -2.06. The zero-order valence-corrected chi connectivity index (χ0v) is 10.1. The van der Waals surface area contributed by atoms with E-state index in [4.69, 9.17) is 0 Å². The number of rotatable bonds is 3. The summed E-state index contributed by atoms with van der Waals surface area (Å²) >= 11 is 0. The predicted molar refractivity (Wildman–Crippen MR) is 66.7 cm³/mol. The maximum Gasteiger partial charge on any atom is 0.162 e. The number of hydrogen-bond donors (Lipinski definition) is 0. The van der Waals surface area contributed by atoms with Crippen LogP contribution in [0.1, 0.15) is 43.1 Å². The summed E-state index contributed by atoms with van der Waals surface area (Å²) in [6.07, 6.45) is 1.41. The summed E-state index contributed by atoms with van der Waals surface area (Å²) in [5, 5.41) is 0. The lowest BCUT2D eigenvalue weighted by Crippen LogP contribution is -2.09. The average Bonchev–Trinajstić information content (AvgIpc) is 2.71. The standard InChI is InChI=1S/C14H17NO/c1-4-14(16)10-6-5-7-12-11(10)8-13(15-12)9(2)3/h5-7,9H,4,8H2,1-3H3. The van der Waals surface area contributed by atoms with Gasteiger partial charge in [0.05, 0.1) is 5.69 Å². The molecule has 1 aliphatic heterocycles. The quantitative estimate of drug-likeness (QED) is 0.709. The number of carbonyl (C=O) groups excluding carboxylic acids is 1. The van der Waals surface area contributed by atoms with E-state index < -0.39 is 0 Å². The number of ketones is 1. The number of Topliss-reactive ketones (excluding diaryl/α,β-unsaturated/α-hetero) is 1. The molecule has 84 valence electrons. The maximum absolute atomic E-state index is 11.8. The Labute approximate surface area is 96.4 Å². The number of carbonyl (C=O) groups is 1. The van der Waals surface area contributed by atoms with Gasteiger partial charge in [-0.1, -0.05) is 32.9 Å². The third-order valence-corrected chi connectivity index (χ3v) is 3.06. The molecular weight excluding hydrogens is 198 g/mol. The molecule has 1 heterocycles. The molecule has 0 fully saturated rings. The fourth-order valence-corrected chi connectivity index (χ4v) is 2.03. The van der Waals surface area contributed by atoms with Gasteiger partial charge >= 0.3 is 0 Å². The molecule has 1 aromatic rings. The average molecular weight is 215 g/mol. The van der Waals surface area contributed by atoms with E-state index in [1.54, 1.807) is 0 Å². The largest absolute Gasteiger partial charge is 0.294 e. The van der Waals surface area contributed by atoms with E-state index in [1.807, 2.05) is 25.1 Å². The van der Waals surface area contributed by atoms with Crippen molar-refractivity contribution >= 4 is 17.2 Å². The van der Waals surface area contributed by atoms with Crippen molar-refractivity contribution in [3.05, 3.63) is 29.3 Å². The van der Waals surface area contributed by atoms with Gasteiger partial charge in [-0.15, -0.1) is 0 Å². The van der Waals surface area contributed by atoms with E-state index in [0.717, 1.165) is 23.2 Å². The minimum absolute atomic E-state index is 0.219. The van der Waals surface area contributed by atoms with Gasteiger partial charge in [0.1, 0.15) is 0 Å². The van der Waals surface area contributed by atoms with Gasteiger partial charge in [0.2, 0.25) is 0 Å². The van der Waals surface area contributed by atoms with Crippen molar-refractivity contribution in [3.8, 4) is 0 Å². The lowest BCUT2D eigenvalue weighted by atomic mass is 9.96. The third-order valence-electron chi connectivity index (χ3n) is 3.06. The number of aliphatic imine (C=N–C) groups is 1. The zero-order chi connectivity index (χ0) is 11.7. The molecular formula is C14H17NO. The molecule has 0 bridgehead atoms. The van der Waals surface area contributed by atoms with Crippen LogP contribution in [0.2, 0.25) is 0 Å². The van der Waals surface area contributed by atoms with E-state index in [-0.39, 0.29) is 5.78 Å². The zero-order valence-electron chi connectivity index (χ0n) is 10.1. The Morgan fingerprint density at radius 3 is 2.81 bits per heavy atom. The van der Waals surface area contributed by atoms with E-state index >= 15 is 0 Å². The van der Waals surface area contributed by atoms with Crippen LogP contribution in [0.25, 0.3) is 0 Å². The Bertz CT molecular complexity index is 458. The Morgan fingerprint density at radius 1 is 1.44 bits per heavy atom. The summed E-state index contributed by atoms with van der Waals surface area (Å²) in [4.78, 5) is 16.4. The molecule has 0 radical (unpaired) electrons. The van der Waals surface area contributed by atoms with Gasteiger partial charge in [-0.2, -0.15) is 0 Å². The second-order valence-electron chi connectivity index (χ2n) is 4.51. The first-order valence-electron chi connectivity index (χ1n) is 5.86. The first-order chi connectivity index (χ1) is 7.63. The highest BCUT2D eigenvalue weighted by Gasteiger charge is 2.21. The molecule has 2 nitrogen and oxygen atoms in total. The normalized spacial score (nSPS) is 13.9. The molecule has 0 saturated heterocycles. The van der Waals surface area contributed by atoms with E-state index in [2.05, 4.69) is 18.8 Å². The second kappa shape index (κ2) is 4.20. The molecule has 0 spiro atoms. The Kier molecular flexibility index (Phi) is 2.90. The van der Waals surface area contributed by atoms with Crippen LogP contribution >= 0.6 is 0 Å². The van der Waals surface area contributed by atoms with Gasteiger partial charge in [-0.3, -0.25) is 9.79 Å². The molecule has 0 saturated carbocycles. The minimum atomic E-state index is 0.219. The summed E-state index contributed by atoms with van der Waals surface area (Å²) < 4.78 is 0. The van der Waals surface area contributed by atoms with Gasteiger partial charge < -0.3 is 0 Å². The smallest absolute Gasteiger partial charge is 0.162 e. The van der Waals surface area contributed by atoms with Crippen molar-refractivity contribution in [3.63, 3.8) is 0 Å². The summed E-state index contributed by atoms with van der Waals surface area (Å²) in [5.41, 5.74) is 4.16. The Balaban J connectivity index is 2.40. The molecule has 1 aromatic carbocycles. The van der Waals surface area contributed by atoms with Crippen LogP contribution in [0.4, 0.5) is 5.69 Å². The highest BCUT2D eigenvalue weighted by Crippen LogP contribution is 2.31. The molecule has 0 aromatic heterocycles. The Hall–Kier alpha value is -1.44. The van der Waals surface area contributed by atoms with Crippen LogP contribution in [0.5, 0.6) is 0 Å². The van der Waals surface area contributed by atoms with Crippen molar-refractivity contribution in [1.82, 2.24) is 0 Å². The number of hydrogen-bond acceptors (Lipinski definition) is 2. The van der Waals surface area contributed by atoms with Crippen molar-refractivity contribution in [1.29, 1.82) is 0 Å². The Morgan fingerprint density at radius 2 is 2.19 bits per heavy atom. The first-order valence-corrected chi connectivity index (χ1v) is 5.86. The second-order valence-corrected chi connectivity index (χ2v) is 4.51. The van der Waals surface area contributed by atoms with Crippen LogP contribution in [-0.4, -0.2) is 11.5 Å². The molecule has 1 aliphatic rings. The van der Waals surface area contributed by atoms with Crippen molar-refractivity contribution < 1.29 is 4.79 Å². The van der Waals surface area contributed by atoms with Gasteiger partial charge in [-0.05, 0) is 17.5 Å². The third kappa shape index (κ3) is 1.80. The maximum atomic E-state index is 11.8. The van der Waals surface area contributed by atoms with Gasteiger partial charge in [-0.25, -0.2) is 0 Å². The summed E-state index contributed by atoms with van der Waals surface area (Å²) in [5.74, 6) is 0.675. The molecule has 0 aliphatic carbocycles. The summed E-state index contributed by atoms with van der Waals surface area (Å²) in [7, 11) is 0. The molecule has 0 atom stereocenters. The van der Waals surface area contributed by atoms with Gasteiger partial charge in [0, 0.05) is 24.1 Å². The highest BCUT2D eigenvalue weighted by molar-refractivity contribution is 6.03. The minimum Gasteiger partial charge on any atom is -0.294 e. The van der Waals surface area contributed by atoms with Crippen molar-refractivity contribution in [2.24, 2.45) is 10.9 Å². The lowest BCUT2D eigenvalue weighted by molar-refractivity contribution is 0.0987. The molecule has 16 heavy (non-hydrogen) atoms. The van der Waals surface area contributed by atoms with E-state index in [9.17, 15) is 4.79 Å². The van der Waals surface area contributed by atoms with Crippen molar-refractivity contribution in [2.75, 3.05) is 0 Å². The monoisotopic (exact) mass is 215 g/mol. The van der Waals surface area contributed by atoms with Crippen LogP contribution in [0.15, 0.2) is 23.2 Å². The number of fused-ring (bicyclic) bond motifs is 1. The number of benzene rings is 1. The molecule has 2 rings (SSSR count). The molecule has 0 amide bonds. The van der Waals surface area contributed by atoms with Crippen molar-refractivity contribution in [2.45, 2.75) is 33.6 Å². The van der Waals surface area contributed by atoms with E-state index in [1.165, 1.54) is 5.71 Å². The molecule has 2 heteroatoms. The first kappa shape index (κ1) is 11.1. The summed E-state index contributed by atoms with van der Waals surface area (Å²) in [6, 6.07) is 5.84. The van der Waals surface area contributed by atoms with E-state index in [0.29, 0.717) is 12.3 Å². The summed E-state index contributed by atoms with van der Waals surface area (Å²) in [6.45, 7) is 6.19. The topological polar surface area (TPSA) is 29.4 Å². The predicted octanol–water partition coefficient (Wildman–Crippen LogP) is 3.56. The van der Waals surface area contributed by atoms with Crippen LogP contribution in [-0.2, 0) is 6.42 Å². The fourth-order valence-electron chi connectivity index (χ4n) is 2.03. The molecule has 0 unspecified atom stereocenters.